The van der Waals surface area contributed by atoms with E-state index < -0.39 is 23.1 Å². The maximum atomic E-state index is 12.5. The Morgan fingerprint density at radius 3 is 2.58 bits per heavy atom. The largest absolute Gasteiger partial charge is 0.497 e. The third-order valence-corrected chi connectivity index (χ3v) is 5.62. The van der Waals surface area contributed by atoms with E-state index in [2.05, 4.69) is 15.5 Å². The molecule has 1 aliphatic heterocycles. The van der Waals surface area contributed by atoms with E-state index in [1.807, 2.05) is 0 Å². The molecule has 1 fully saturated rings. The number of benzene rings is 2. The third-order valence-electron chi connectivity index (χ3n) is 4.26. The monoisotopic (exact) mass is 491 g/mol. The van der Waals surface area contributed by atoms with Gasteiger partial charge in [0, 0.05) is 5.56 Å². The van der Waals surface area contributed by atoms with Crippen LogP contribution in [-0.2, 0) is 9.59 Å². The molecule has 1 aliphatic rings. The molecule has 0 saturated carbocycles. The van der Waals surface area contributed by atoms with Gasteiger partial charge in [-0.3, -0.25) is 9.59 Å². The minimum absolute atomic E-state index is 0.0403. The number of carboxylic acid groups (broad SMARTS) is 1. The van der Waals surface area contributed by atoms with E-state index in [0.29, 0.717) is 16.9 Å². The highest BCUT2D eigenvalue weighted by Crippen LogP contribution is 2.36. The average molecular weight is 492 g/mol. The molecular weight excluding hydrogens is 474 g/mol. The van der Waals surface area contributed by atoms with Crippen LogP contribution in [0.3, 0.4) is 0 Å². The third kappa shape index (κ3) is 6.24. The lowest BCUT2D eigenvalue weighted by Gasteiger charge is -2.12. The number of nitrogens with one attached hydrogen (secondary N) is 1. The molecule has 0 aromatic heterocycles. The number of thioether (sulfide) groups is 1. The SMILES string of the molecule is COc1ccc(C(=O)Oc2c(Cl)cc(C=N/N=C3/NC(=O)C(CC(=O)O)S3)cc2OC)cc1. The minimum Gasteiger partial charge on any atom is -0.497 e. The molecule has 1 unspecified atom stereocenters. The van der Waals surface area contributed by atoms with Gasteiger partial charge in [0.05, 0.1) is 37.4 Å². The summed E-state index contributed by atoms with van der Waals surface area (Å²) in [6.07, 6.45) is 1.04. The predicted molar refractivity (Wildman–Crippen MR) is 123 cm³/mol. The summed E-state index contributed by atoms with van der Waals surface area (Å²) in [6, 6.07) is 9.42. The van der Waals surface area contributed by atoms with Gasteiger partial charge in [0.2, 0.25) is 5.91 Å². The normalized spacial score (nSPS) is 16.6. The molecule has 0 spiro atoms. The first-order chi connectivity index (χ1) is 15.8. The number of hydrogen-bond donors (Lipinski definition) is 2. The summed E-state index contributed by atoms with van der Waals surface area (Å²) in [4.78, 5) is 35.0. The van der Waals surface area contributed by atoms with Gasteiger partial charge in [-0.15, -0.1) is 5.10 Å². The van der Waals surface area contributed by atoms with Crippen LogP contribution in [0.1, 0.15) is 22.3 Å². The van der Waals surface area contributed by atoms with E-state index in [1.54, 1.807) is 30.3 Å². The Labute approximate surface area is 197 Å². The zero-order chi connectivity index (χ0) is 24.0. The molecule has 1 amide bonds. The van der Waals surface area contributed by atoms with E-state index >= 15 is 0 Å². The van der Waals surface area contributed by atoms with Crippen molar-refractivity contribution in [1.29, 1.82) is 0 Å². The molecule has 0 aliphatic carbocycles. The van der Waals surface area contributed by atoms with Crippen molar-refractivity contribution in [2.24, 2.45) is 10.2 Å². The van der Waals surface area contributed by atoms with Crippen molar-refractivity contribution in [3.05, 3.63) is 52.5 Å². The van der Waals surface area contributed by atoms with Gasteiger partial charge in [-0.05, 0) is 36.4 Å². The van der Waals surface area contributed by atoms with Gasteiger partial charge in [-0.25, -0.2) is 4.79 Å². The van der Waals surface area contributed by atoms with Gasteiger partial charge in [0.1, 0.15) is 11.0 Å². The molecule has 2 N–H and O–H groups in total. The molecule has 1 atom stereocenters. The maximum Gasteiger partial charge on any atom is 0.343 e. The van der Waals surface area contributed by atoms with Crippen LogP contribution in [0.4, 0.5) is 0 Å². The number of esters is 1. The van der Waals surface area contributed by atoms with Crippen molar-refractivity contribution < 1.29 is 33.7 Å². The van der Waals surface area contributed by atoms with E-state index in [1.165, 1.54) is 26.5 Å². The zero-order valence-corrected chi connectivity index (χ0v) is 19.0. The lowest BCUT2D eigenvalue weighted by atomic mass is 10.2. The van der Waals surface area contributed by atoms with Crippen molar-refractivity contribution in [1.82, 2.24) is 5.32 Å². The highest BCUT2D eigenvalue weighted by Gasteiger charge is 2.32. The first-order valence-corrected chi connectivity index (χ1v) is 10.6. The number of nitrogens with zero attached hydrogens (tertiary/aromatic N) is 2. The van der Waals surface area contributed by atoms with Gasteiger partial charge in [-0.2, -0.15) is 5.10 Å². The Morgan fingerprint density at radius 1 is 1.21 bits per heavy atom. The number of halogens is 1. The molecule has 2 aromatic rings. The average Bonchev–Trinajstić information content (AvgIpc) is 3.13. The van der Waals surface area contributed by atoms with E-state index in [-0.39, 0.29) is 28.1 Å². The van der Waals surface area contributed by atoms with Gasteiger partial charge < -0.3 is 24.6 Å². The fourth-order valence-electron chi connectivity index (χ4n) is 2.69. The molecule has 3 rings (SSSR count). The lowest BCUT2D eigenvalue weighted by molar-refractivity contribution is -0.138. The lowest BCUT2D eigenvalue weighted by Crippen LogP contribution is -2.26. The Hall–Kier alpha value is -3.57. The van der Waals surface area contributed by atoms with Crippen LogP contribution in [0.25, 0.3) is 0 Å². The smallest absolute Gasteiger partial charge is 0.343 e. The fourth-order valence-corrected chi connectivity index (χ4v) is 3.86. The number of carbonyl (C=O) groups excluding carboxylic acids is 2. The van der Waals surface area contributed by atoms with Crippen molar-refractivity contribution >= 4 is 52.6 Å². The number of carboxylic acids is 1. The number of amides is 1. The highest BCUT2D eigenvalue weighted by molar-refractivity contribution is 8.15. The Balaban J connectivity index is 1.72. The van der Waals surface area contributed by atoms with Crippen molar-refractivity contribution in [2.75, 3.05) is 14.2 Å². The van der Waals surface area contributed by atoms with Crippen molar-refractivity contribution in [2.45, 2.75) is 11.7 Å². The molecule has 0 radical (unpaired) electrons. The number of aliphatic carboxylic acids is 1. The topological polar surface area (TPSA) is 136 Å². The summed E-state index contributed by atoms with van der Waals surface area (Å²) in [5.74, 6) is -1.31. The fraction of sp³-hybridized carbons (Fsp3) is 0.190. The van der Waals surface area contributed by atoms with Crippen molar-refractivity contribution in [3.8, 4) is 17.2 Å². The zero-order valence-electron chi connectivity index (χ0n) is 17.4. The number of hydrogen-bond acceptors (Lipinski definition) is 9. The van der Waals surface area contributed by atoms with Gasteiger partial charge in [0.25, 0.3) is 0 Å². The van der Waals surface area contributed by atoms with Crippen molar-refractivity contribution in [3.63, 3.8) is 0 Å². The van der Waals surface area contributed by atoms with Crippen LogP contribution in [0.15, 0.2) is 46.6 Å². The molecule has 0 bridgehead atoms. The number of ether oxygens (including phenoxy) is 3. The molecular formula is C21H18ClN3O7S. The van der Waals surface area contributed by atoms with E-state index in [4.69, 9.17) is 30.9 Å². The molecule has 10 nitrogen and oxygen atoms in total. The van der Waals surface area contributed by atoms with Crippen LogP contribution in [0, 0.1) is 0 Å². The van der Waals surface area contributed by atoms with Gasteiger partial charge in [0.15, 0.2) is 16.7 Å². The summed E-state index contributed by atoms with van der Waals surface area (Å²) in [6.45, 7) is 0. The Morgan fingerprint density at radius 2 is 1.94 bits per heavy atom. The summed E-state index contributed by atoms with van der Waals surface area (Å²) < 4.78 is 15.8. The summed E-state index contributed by atoms with van der Waals surface area (Å²) >= 11 is 7.27. The summed E-state index contributed by atoms with van der Waals surface area (Å²) in [5, 5.41) is 18.6. The Bertz CT molecular complexity index is 1140. The number of methoxy groups -OCH3 is 2. The second-order valence-electron chi connectivity index (χ2n) is 6.50. The molecule has 12 heteroatoms. The predicted octanol–water partition coefficient (Wildman–Crippen LogP) is 2.97. The second-order valence-corrected chi connectivity index (χ2v) is 8.09. The van der Waals surface area contributed by atoms with Crippen LogP contribution in [0.2, 0.25) is 5.02 Å². The van der Waals surface area contributed by atoms with Crippen LogP contribution < -0.4 is 19.5 Å². The van der Waals surface area contributed by atoms with Crippen LogP contribution in [-0.4, -0.2) is 53.8 Å². The maximum absolute atomic E-state index is 12.5. The van der Waals surface area contributed by atoms with Crippen LogP contribution >= 0.6 is 23.4 Å². The molecule has 1 heterocycles. The Kier molecular flexibility index (Phi) is 7.91. The first kappa shape index (κ1) is 24.1. The highest BCUT2D eigenvalue weighted by atomic mass is 35.5. The summed E-state index contributed by atoms with van der Waals surface area (Å²) in [5.41, 5.74) is 0.787. The number of amidine groups is 1. The van der Waals surface area contributed by atoms with Gasteiger partial charge in [-0.1, -0.05) is 23.4 Å². The molecule has 33 heavy (non-hydrogen) atoms. The number of rotatable bonds is 8. The van der Waals surface area contributed by atoms with E-state index in [0.717, 1.165) is 11.8 Å². The minimum atomic E-state index is -1.08. The van der Waals surface area contributed by atoms with Crippen LogP contribution in [0.5, 0.6) is 17.2 Å². The number of carbonyl (C=O) groups is 3. The standard InChI is InChI=1S/C21H18ClN3O7S/c1-30-13-5-3-12(4-6-13)20(29)32-18-14(22)7-11(8-15(18)31-2)10-23-25-21-24-19(28)16(33-21)9-17(26)27/h3-8,10,16H,9H2,1-2H3,(H,26,27)(H,24,25,28). The first-order valence-electron chi connectivity index (χ1n) is 9.34. The van der Waals surface area contributed by atoms with E-state index in [9.17, 15) is 14.4 Å². The molecule has 1 saturated heterocycles. The summed E-state index contributed by atoms with van der Waals surface area (Å²) in [7, 11) is 2.92. The van der Waals surface area contributed by atoms with Gasteiger partial charge >= 0.3 is 11.9 Å². The molecule has 172 valence electrons. The quantitative estimate of drug-likeness (QED) is 0.249. The molecule has 2 aromatic carbocycles. The second kappa shape index (κ2) is 10.8.